The molecule has 0 bridgehead atoms. The molecule has 2 aliphatic heterocycles. The van der Waals surface area contributed by atoms with Gasteiger partial charge in [-0.15, -0.1) is 12.4 Å². The number of carboxylic acids is 2. The van der Waals surface area contributed by atoms with Crippen LogP contribution in [0.15, 0.2) is 170 Å². The van der Waals surface area contributed by atoms with Gasteiger partial charge in [0.05, 0.1) is 5.56 Å². The van der Waals surface area contributed by atoms with Gasteiger partial charge in [-0.05, 0) is 143 Å². The van der Waals surface area contributed by atoms with Crippen molar-refractivity contribution in [3.05, 3.63) is 225 Å². The number of phenols is 1. The summed E-state index contributed by atoms with van der Waals surface area (Å²) in [6.45, 7) is 8.59. The van der Waals surface area contributed by atoms with Crippen LogP contribution in [0.1, 0.15) is 60.1 Å². The van der Waals surface area contributed by atoms with Gasteiger partial charge < -0.3 is 49.0 Å². The van der Waals surface area contributed by atoms with E-state index in [0.29, 0.717) is 45.4 Å². The number of pyridine rings is 1. The molecule has 8 aromatic carbocycles. The zero-order valence-corrected chi connectivity index (χ0v) is 49.8. The monoisotopic (exact) mass is 1190 g/mol. The SMILES string of the molecule is Cc1cc(C=Cc2ccc3cc(N(C)C)ccc3[n+]2C)c(C)n1-c1ccccc1.Cl.O=C(COc1ccc(Cl)cc1)N1CCN(Cc2ccc3c(c2)OCO3)CC1.O=C(O)c1cc2ccccc2c(Cc2c(O)c(C(=O)O)cc3ccccc23)c1[O-]. The van der Waals surface area contributed by atoms with Gasteiger partial charge in [0.15, 0.2) is 18.1 Å². The predicted molar refractivity (Wildman–Crippen MR) is 338 cm³/mol. The van der Waals surface area contributed by atoms with E-state index in [1.54, 1.807) is 72.8 Å². The highest BCUT2D eigenvalue weighted by Crippen LogP contribution is 2.38. The van der Waals surface area contributed by atoms with E-state index in [-0.39, 0.29) is 60.4 Å². The highest BCUT2D eigenvalue weighted by atomic mass is 35.5. The number of piperazine rings is 1. The lowest BCUT2D eigenvalue weighted by atomic mass is 9.90. The third-order valence-electron chi connectivity index (χ3n) is 15.4. The zero-order valence-electron chi connectivity index (χ0n) is 48.2. The van der Waals surface area contributed by atoms with Crippen molar-refractivity contribution in [2.75, 3.05) is 58.6 Å². The molecule has 1 fully saturated rings. The maximum absolute atomic E-state index is 12.9. The van der Waals surface area contributed by atoms with E-state index in [1.807, 2.05) is 17.0 Å². The van der Waals surface area contributed by atoms with E-state index >= 15 is 0 Å². The highest BCUT2D eigenvalue weighted by Gasteiger charge is 2.24. The molecule has 10 aromatic rings. The second-order valence-electron chi connectivity index (χ2n) is 21.1. The minimum Gasteiger partial charge on any atom is -0.872 e. The standard InChI is InChI=1S/C26H28N3.C23H16O6.C20H21ClN2O4.ClH/c1-19-17-21(20(2)29(19)24-9-7-6-8-10-24)11-13-23-14-12-22-18-25(27(3)4)15-16-26(22)28(23)5;24-20-16(14-7-3-1-5-12(14)9-18(20)22(26)27)11-17-15-8-4-2-6-13(15)10-19(21(17)25)23(28)29;21-16-2-4-17(5-3-16)25-13-20(24)23-9-7-22(8-10-23)12-15-1-6-18-19(11-15)27-14-26-18;/h6-18H,1-5H3;1-10,24-25H,11H2,(H,26,27)(H,28,29);1-6,11H,7-10,12-14H2;1H/q+1;;;/p-1. The molecule has 0 atom stereocenters. The summed E-state index contributed by atoms with van der Waals surface area (Å²) >= 11 is 5.85. The quantitative estimate of drug-likeness (QED) is 0.0931. The van der Waals surface area contributed by atoms with Gasteiger partial charge in [0.2, 0.25) is 18.0 Å². The van der Waals surface area contributed by atoms with E-state index < -0.39 is 23.4 Å². The second-order valence-corrected chi connectivity index (χ2v) is 21.5. The lowest BCUT2D eigenvalue weighted by molar-refractivity contribution is -0.646. The molecule has 0 unspecified atom stereocenters. The largest absolute Gasteiger partial charge is 0.872 e. The van der Waals surface area contributed by atoms with Gasteiger partial charge in [0, 0.05) is 110 Å². The maximum Gasteiger partial charge on any atom is 0.339 e. The van der Waals surface area contributed by atoms with Crippen molar-refractivity contribution >= 4 is 92.1 Å². The smallest absolute Gasteiger partial charge is 0.339 e. The molecule has 1 amide bonds. The van der Waals surface area contributed by atoms with E-state index in [4.69, 9.17) is 25.8 Å². The van der Waals surface area contributed by atoms with Crippen LogP contribution in [0.5, 0.6) is 28.7 Å². The number of hydrogen-bond donors (Lipinski definition) is 3. The van der Waals surface area contributed by atoms with Crippen molar-refractivity contribution < 1.29 is 53.6 Å². The number of carbonyl (C=O) groups excluding carboxylic acids is 1. The molecule has 15 nitrogen and oxygen atoms in total. The Morgan fingerprint density at radius 2 is 1.34 bits per heavy atom. The molecular weight excluding hydrogens is 1130 g/mol. The van der Waals surface area contributed by atoms with Gasteiger partial charge in [0.1, 0.15) is 24.1 Å². The first-order valence-electron chi connectivity index (χ1n) is 27.7. The number of amides is 1. The number of aryl methyl sites for hydroxylation is 2. The number of halogens is 2. The van der Waals surface area contributed by atoms with E-state index in [1.165, 1.54) is 62.6 Å². The van der Waals surface area contributed by atoms with Gasteiger partial charge >= 0.3 is 11.9 Å². The number of carboxylic acid groups (broad SMARTS) is 2. The summed E-state index contributed by atoms with van der Waals surface area (Å²) in [5, 5.41) is 46.7. The molecule has 0 saturated carbocycles. The Kier molecular flexibility index (Phi) is 19.2. The fourth-order valence-electron chi connectivity index (χ4n) is 10.8. The summed E-state index contributed by atoms with van der Waals surface area (Å²) in [4.78, 5) is 41.8. The Morgan fingerprint density at radius 3 is 2.01 bits per heavy atom. The number of para-hydroxylation sites is 1. The molecule has 3 N–H and O–H groups in total. The van der Waals surface area contributed by atoms with Gasteiger partial charge in [-0.25, -0.2) is 9.59 Å². The Hall–Kier alpha value is -9.54. The number of aromatic hydroxyl groups is 1. The van der Waals surface area contributed by atoms with Crippen LogP contribution in [-0.4, -0.2) is 101 Å². The molecular formula is C69H65Cl2N5O10. The summed E-state index contributed by atoms with van der Waals surface area (Å²) in [7, 11) is 6.28. The number of ether oxygens (including phenoxy) is 3. The molecule has 1 saturated heterocycles. The molecule has 0 aliphatic carbocycles. The maximum atomic E-state index is 12.9. The first-order chi connectivity index (χ1) is 41.0. The number of rotatable bonds is 13. The Labute approximate surface area is 509 Å². The van der Waals surface area contributed by atoms with Crippen LogP contribution < -0.4 is 28.8 Å². The molecule has 86 heavy (non-hydrogen) atoms. The van der Waals surface area contributed by atoms with Crippen LogP contribution >= 0.6 is 24.0 Å². The van der Waals surface area contributed by atoms with Gasteiger partial charge in [-0.1, -0.05) is 90.1 Å². The summed E-state index contributed by atoms with van der Waals surface area (Å²) in [5.74, 6) is -1.45. The first kappa shape index (κ1) is 61.0. The van der Waals surface area contributed by atoms with Crippen LogP contribution in [0.2, 0.25) is 5.02 Å². The lowest BCUT2D eigenvalue weighted by Gasteiger charge is -2.34. The zero-order chi connectivity index (χ0) is 59.9. The average Bonchev–Trinajstić information content (AvgIpc) is 1.90. The van der Waals surface area contributed by atoms with Crippen molar-refractivity contribution in [1.82, 2.24) is 14.4 Å². The normalized spacial score (nSPS) is 12.7. The Bertz CT molecular complexity index is 4060. The van der Waals surface area contributed by atoms with Crippen LogP contribution in [0, 0.1) is 13.8 Å². The number of benzene rings is 8. The van der Waals surface area contributed by atoms with E-state index in [2.05, 4.69) is 139 Å². The molecule has 0 radical (unpaired) electrons. The predicted octanol–water partition coefficient (Wildman–Crippen LogP) is 12.3. The minimum absolute atomic E-state index is 0. The Morgan fingerprint density at radius 1 is 0.698 bits per heavy atom. The highest BCUT2D eigenvalue weighted by molar-refractivity contribution is 6.30. The second kappa shape index (κ2) is 27.0. The van der Waals surface area contributed by atoms with Crippen molar-refractivity contribution in [1.29, 1.82) is 0 Å². The van der Waals surface area contributed by atoms with Crippen LogP contribution in [0.3, 0.4) is 0 Å². The molecule has 17 heteroatoms. The topological polar surface area (TPSA) is 181 Å². The molecule has 2 aliphatic rings. The third-order valence-corrected chi connectivity index (χ3v) is 15.7. The van der Waals surface area contributed by atoms with Crippen molar-refractivity contribution in [3.8, 4) is 34.4 Å². The fourth-order valence-corrected chi connectivity index (χ4v) is 11.0. The van der Waals surface area contributed by atoms with E-state index in [0.717, 1.165) is 31.1 Å². The fraction of sp³-hybridized carbons (Fsp3) is 0.188. The number of hydrogen-bond acceptors (Lipinski definition) is 10. The van der Waals surface area contributed by atoms with Crippen LogP contribution in [0.4, 0.5) is 5.69 Å². The van der Waals surface area contributed by atoms with Crippen molar-refractivity contribution in [3.63, 3.8) is 0 Å². The summed E-state index contributed by atoms with van der Waals surface area (Å²) < 4.78 is 20.9. The summed E-state index contributed by atoms with van der Waals surface area (Å²) in [6.07, 6.45) is 4.32. The number of fused-ring (bicyclic) bond motifs is 4. The number of aromatic carboxylic acids is 2. The lowest BCUT2D eigenvalue weighted by Crippen LogP contribution is -2.49. The van der Waals surface area contributed by atoms with Crippen molar-refractivity contribution in [2.24, 2.45) is 7.05 Å². The molecule has 440 valence electrons. The van der Waals surface area contributed by atoms with Gasteiger partial charge in [-0.2, -0.15) is 4.57 Å². The molecule has 4 heterocycles. The number of nitrogens with zero attached hydrogens (tertiary/aromatic N) is 5. The minimum atomic E-state index is -1.34. The number of aromatic nitrogens is 2. The summed E-state index contributed by atoms with van der Waals surface area (Å²) in [6, 6.07) is 53.3. The summed E-state index contributed by atoms with van der Waals surface area (Å²) in [5.41, 5.74) is 9.59. The molecule has 2 aromatic heterocycles. The van der Waals surface area contributed by atoms with Gasteiger partial charge in [-0.3, -0.25) is 9.69 Å². The van der Waals surface area contributed by atoms with Crippen molar-refractivity contribution in [2.45, 2.75) is 26.8 Å². The van der Waals surface area contributed by atoms with Gasteiger partial charge in [0.25, 0.3) is 5.91 Å². The van der Waals surface area contributed by atoms with Crippen LogP contribution in [-0.2, 0) is 24.8 Å². The van der Waals surface area contributed by atoms with Crippen LogP contribution in [0.25, 0.3) is 50.3 Å². The Balaban J connectivity index is 0.000000153. The molecule has 0 spiro atoms. The number of carbonyl (C=O) groups is 3. The first-order valence-corrected chi connectivity index (χ1v) is 28.1. The van der Waals surface area contributed by atoms with E-state index in [9.17, 15) is 34.8 Å². The third kappa shape index (κ3) is 13.7. The average molecular weight is 1200 g/mol. The molecule has 12 rings (SSSR count). The number of anilines is 1.